The molecule has 0 saturated carbocycles. The molecule has 0 radical (unpaired) electrons. The highest BCUT2D eigenvalue weighted by molar-refractivity contribution is 6.05. The van der Waals surface area contributed by atoms with Crippen LogP contribution < -0.4 is 10.6 Å². The maximum Gasteiger partial charge on any atom is 0.257 e. The molecule has 0 saturated heterocycles. The lowest BCUT2D eigenvalue weighted by Gasteiger charge is -2.10. The van der Waals surface area contributed by atoms with Crippen molar-refractivity contribution in [1.82, 2.24) is 4.98 Å². The van der Waals surface area contributed by atoms with Crippen molar-refractivity contribution in [2.75, 3.05) is 10.6 Å². The first kappa shape index (κ1) is 17.2. The van der Waals surface area contributed by atoms with Crippen LogP contribution in [0.2, 0.25) is 0 Å². The quantitative estimate of drug-likeness (QED) is 0.728. The van der Waals surface area contributed by atoms with Crippen molar-refractivity contribution in [2.45, 2.75) is 13.8 Å². The summed E-state index contributed by atoms with van der Waals surface area (Å²) < 4.78 is 0. The van der Waals surface area contributed by atoms with E-state index >= 15 is 0 Å². The number of anilines is 3. The second-order valence-electron chi connectivity index (χ2n) is 6.00. The van der Waals surface area contributed by atoms with Crippen molar-refractivity contribution in [3.05, 3.63) is 83.2 Å². The number of pyridine rings is 1. The molecule has 1 aromatic heterocycles. The fourth-order valence-electron chi connectivity index (χ4n) is 2.50. The molecule has 0 unspecified atom stereocenters. The van der Waals surface area contributed by atoms with Gasteiger partial charge in [-0.15, -0.1) is 0 Å². The molecule has 1 amide bonds. The molecule has 0 aliphatic heterocycles. The third kappa shape index (κ3) is 3.87. The zero-order chi connectivity index (χ0) is 18.5. The van der Waals surface area contributed by atoms with Crippen LogP contribution in [0.5, 0.6) is 0 Å². The molecule has 0 atom stereocenters. The minimum atomic E-state index is -0.316. The molecule has 5 heteroatoms. The van der Waals surface area contributed by atoms with E-state index in [1.54, 1.807) is 36.5 Å². The lowest BCUT2D eigenvalue weighted by molar-refractivity contribution is 0.102. The van der Waals surface area contributed by atoms with Crippen molar-refractivity contribution < 1.29 is 4.79 Å². The van der Waals surface area contributed by atoms with Crippen molar-refractivity contribution in [3.63, 3.8) is 0 Å². The largest absolute Gasteiger partial charge is 0.354 e. The molecule has 0 aliphatic carbocycles. The van der Waals surface area contributed by atoms with Crippen LogP contribution in [-0.4, -0.2) is 10.9 Å². The van der Waals surface area contributed by atoms with Crippen LogP contribution in [0.25, 0.3) is 0 Å². The first-order valence-corrected chi connectivity index (χ1v) is 8.16. The van der Waals surface area contributed by atoms with Gasteiger partial charge < -0.3 is 10.6 Å². The molecule has 0 spiro atoms. The predicted octanol–water partition coefficient (Wildman–Crippen LogP) is 4.57. The van der Waals surface area contributed by atoms with E-state index in [0.717, 1.165) is 11.4 Å². The highest BCUT2D eigenvalue weighted by Gasteiger charge is 2.10. The molecule has 5 nitrogen and oxygen atoms in total. The number of hydrogen-bond acceptors (Lipinski definition) is 4. The molecule has 2 aromatic carbocycles. The number of aromatic nitrogens is 1. The average Bonchev–Trinajstić information content (AvgIpc) is 2.65. The standard InChI is InChI=1S/C21H18N4O/c1-14-7-8-18(9-15(14)2)24-19-10-17(12-23-13-19)21(26)25-20-6-4-3-5-16(20)11-22/h3-10,12-13,24H,1-2H3,(H,25,26). The van der Waals surface area contributed by atoms with Crippen molar-refractivity contribution in [2.24, 2.45) is 0 Å². The fourth-order valence-corrected chi connectivity index (χ4v) is 2.50. The summed E-state index contributed by atoms with van der Waals surface area (Å²) in [6.45, 7) is 4.11. The van der Waals surface area contributed by atoms with E-state index in [9.17, 15) is 4.79 Å². The van der Waals surface area contributed by atoms with E-state index < -0.39 is 0 Å². The number of carbonyl (C=O) groups excluding carboxylic acids is 1. The number of benzene rings is 2. The van der Waals surface area contributed by atoms with Crippen LogP contribution >= 0.6 is 0 Å². The van der Waals surface area contributed by atoms with E-state index in [-0.39, 0.29) is 5.91 Å². The van der Waals surface area contributed by atoms with Gasteiger partial charge in [-0.25, -0.2) is 0 Å². The Morgan fingerprint density at radius 2 is 1.81 bits per heavy atom. The molecule has 3 aromatic rings. The van der Waals surface area contributed by atoms with Gasteiger partial charge in [-0.1, -0.05) is 18.2 Å². The van der Waals surface area contributed by atoms with Crippen LogP contribution in [-0.2, 0) is 0 Å². The Kier molecular flexibility index (Phi) is 4.95. The number of rotatable bonds is 4. The fraction of sp³-hybridized carbons (Fsp3) is 0.0952. The highest BCUT2D eigenvalue weighted by Crippen LogP contribution is 2.21. The molecular formula is C21H18N4O. The molecule has 0 aliphatic rings. The molecule has 0 fully saturated rings. The van der Waals surface area contributed by atoms with E-state index in [4.69, 9.17) is 5.26 Å². The molecule has 2 N–H and O–H groups in total. The van der Waals surface area contributed by atoms with Crippen LogP contribution in [0.1, 0.15) is 27.0 Å². The normalized spacial score (nSPS) is 10.0. The van der Waals surface area contributed by atoms with Gasteiger partial charge in [0.2, 0.25) is 0 Å². The first-order valence-electron chi connectivity index (χ1n) is 8.16. The summed E-state index contributed by atoms with van der Waals surface area (Å²) in [5.74, 6) is -0.316. The SMILES string of the molecule is Cc1ccc(Nc2cncc(C(=O)Nc3ccccc3C#N)c2)cc1C. The molecule has 1 heterocycles. The number of hydrogen-bond donors (Lipinski definition) is 2. The predicted molar refractivity (Wildman–Crippen MR) is 103 cm³/mol. The van der Waals surface area contributed by atoms with Crippen LogP contribution in [0.15, 0.2) is 60.9 Å². The molecule has 128 valence electrons. The van der Waals surface area contributed by atoms with Gasteiger partial charge in [0.25, 0.3) is 5.91 Å². The molecule has 26 heavy (non-hydrogen) atoms. The van der Waals surface area contributed by atoms with E-state index in [1.807, 2.05) is 18.2 Å². The third-order valence-corrected chi connectivity index (χ3v) is 4.09. The second kappa shape index (κ2) is 7.49. The van der Waals surface area contributed by atoms with Crippen molar-refractivity contribution in [3.8, 4) is 6.07 Å². The summed E-state index contributed by atoms with van der Waals surface area (Å²) in [4.78, 5) is 16.6. The average molecular weight is 342 g/mol. The minimum Gasteiger partial charge on any atom is -0.354 e. The Hall–Kier alpha value is -3.65. The number of nitriles is 1. The number of nitrogens with one attached hydrogen (secondary N) is 2. The second-order valence-corrected chi connectivity index (χ2v) is 6.00. The summed E-state index contributed by atoms with van der Waals surface area (Å²) >= 11 is 0. The Morgan fingerprint density at radius 1 is 1.00 bits per heavy atom. The number of carbonyl (C=O) groups is 1. The van der Waals surface area contributed by atoms with Crippen LogP contribution in [0.3, 0.4) is 0 Å². The minimum absolute atomic E-state index is 0.316. The first-order chi connectivity index (χ1) is 12.6. The maximum atomic E-state index is 12.5. The van der Waals surface area contributed by atoms with E-state index in [2.05, 4.69) is 35.5 Å². The van der Waals surface area contributed by atoms with Gasteiger partial charge >= 0.3 is 0 Å². The number of aryl methyl sites for hydroxylation is 2. The molecular weight excluding hydrogens is 324 g/mol. The highest BCUT2D eigenvalue weighted by atomic mass is 16.1. The van der Waals surface area contributed by atoms with Gasteiger partial charge in [-0.05, 0) is 55.3 Å². The summed E-state index contributed by atoms with van der Waals surface area (Å²) in [7, 11) is 0. The number of nitrogens with zero attached hydrogens (tertiary/aromatic N) is 2. The lowest BCUT2D eigenvalue weighted by Crippen LogP contribution is -2.13. The van der Waals surface area contributed by atoms with Gasteiger partial charge in [0.05, 0.1) is 28.7 Å². The van der Waals surface area contributed by atoms with Crippen LogP contribution in [0, 0.1) is 25.2 Å². The van der Waals surface area contributed by atoms with Gasteiger partial charge in [-0.3, -0.25) is 9.78 Å². The Bertz CT molecular complexity index is 1000. The van der Waals surface area contributed by atoms with Gasteiger partial charge in [0, 0.05) is 11.9 Å². The monoisotopic (exact) mass is 342 g/mol. The topological polar surface area (TPSA) is 77.8 Å². The summed E-state index contributed by atoms with van der Waals surface area (Å²) in [5.41, 5.74) is 5.36. The van der Waals surface area contributed by atoms with Gasteiger partial charge in [0.1, 0.15) is 6.07 Å². The number of para-hydroxylation sites is 1. The Morgan fingerprint density at radius 3 is 2.58 bits per heavy atom. The maximum absolute atomic E-state index is 12.5. The van der Waals surface area contributed by atoms with Crippen molar-refractivity contribution in [1.29, 1.82) is 5.26 Å². The zero-order valence-corrected chi connectivity index (χ0v) is 14.6. The van der Waals surface area contributed by atoms with E-state index in [0.29, 0.717) is 16.8 Å². The van der Waals surface area contributed by atoms with Gasteiger partial charge in [0.15, 0.2) is 0 Å². The smallest absolute Gasteiger partial charge is 0.257 e. The van der Waals surface area contributed by atoms with E-state index in [1.165, 1.54) is 17.3 Å². The van der Waals surface area contributed by atoms with Crippen LogP contribution in [0.4, 0.5) is 17.1 Å². The summed E-state index contributed by atoms with van der Waals surface area (Å²) in [6, 6.07) is 16.7. The molecule has 0 bridgehead atoms. The van der Waals surface area contributed by atoms with Gasteiger partial charge in [-0.2, -0.15) is 5.26 Å². The summed E-state index contributed by atoms with van der Waals surface area (Å²) in [5, 5.41) is 15.1. The Balaban J connectivity index is 1.79. The molecule has 3 rings (SSSR count). The zero-order valence-electron chi connectivity index (χ0n) is 14.6. The van der Waals surface area contributed by atoms with Crippen molar-refractivity contribution >= 4 is 23.0 Å². The Labute approximate surface area is 152 Å². The number of amides is 1. The lowest BCUT2D eigenvalue weighted by atomic mass is 10.1. The summed E-state index contributed by atoms with van der Waals surface area (Å²) in [6.07, 6.45) is 3.16. The third-order valence-electron chi connectivity index (χ3n) is 4.09.